The fourth-order valence-corrected chi connectivity index (χ4v) is 5.36. The monoisotopic (exact) mass is 467 g/mol. The highest BCUT2D eigenvalue weighted by Crippen LogP contribution is 2.42. The molecule has 1 aromatic carbocycles. The molecular formula is C24H29N5O5. The lowest BCUT2D eigenvalue weighted by molar-refractivity contribution is -0.149. The molecule has 2 fully saturated rings. The van der Waals surface area contributed by atoms with Crippen molar-refractivity contribution in [2.24, 2.45) is 5.92 Å². The van der Waals surface area contributed by atoms with E-state index >= 15 is 0 Å². The van der Waals surface area contributed by atoms with Crippen LogP contribution in [0.25, 0.3) is 0 Å². The number of hydrazine groups is 1. The highest BCUT2D eigenvalue weighted by molar-refractivity contribution is 5.85. The number of nitrogens with zero attached hydrogens (tertiary/aromatic N) is 2. The summed E-state index contributed by atoms with van der Waals surface area (Å²) in [7, 11) is 0. The lowest BCUT2D eigenvalue weighted by Gasteiger charge is -2.38. The van der Waals surface area contributed by atoms with E-state index in [4.69, 9.17) is 4.74 Å². The average Bonchev–Trinajstić information content (AvgIpc) is 3.59. The zero-order chi connectivity index (χ0) is 23.7. The summed E-state index contributed by atoms with van der Waals surface area (Å²) in [5.74, 6) is -0.363. The second-order valence-electron chi connectivity index (χ2n) is 9.12. The standard InChI is InChI=1S/C24H29N5O5/c30-16-8-7-15(10-16)23(28-12-19-18(25-14-28)11-26-27-19)17-4-1-2-6-21(17)34-13-22(31)29-9-3-5-20(29)24(32)33/h1-2,4,6,11-12,15,20,23,25-27H,3,5,7-10,13-14H2,(H,32,33). The van der Waals surface area contributed by atoms with Crippen LogP contribution in [0.5, 0.6) is 5.75 Å². The molecule has 34 heavy (non-hydrogen) atoms. The molecule has 3 atom stereocenters. The fourth-order valence-electron chi connectivity index (χ4n) is 5.36. The number of ether oxygens (including phenoxy) is 1. The Hall–Kier alpha value is -3.69. The lowest BCUT2D eigenvalue weighted by Crippen LogP contribution is -2.43. The van der Waals surface area contributed by atoms with Crippen LogP contribution < -0.4 is 20.9 Å². The van der Waals surface area contributed by atoms with Crippen LogP contribution in [0.3, 0.4) is 0 Å². The Morgan fingerprint density at radius 2 is 2.06 bits per heavy atom. The summed E-state index contributed by atoms with van der Waals surface area (Å²) in [5.41, 5.74) is 8.90. The largest absolute Gasteiger partial charge is 0.483 e. The molecule has 3 heterocycles. The summed E-state index contributed by atoms with van der Waals surface area (Å²) in [6.45, 7) is 0.766. The number of fused-ring (bicyclic) bond motifs is 1. The molecule has 3 aliphatic heterocycles. The second-order valence-corrected chi connectivity index (χ2v) is 9.12. The Balaban J connectivity index is 1.39. The van der Waals surface area contributed by atoms with Gasteiger partial charge in [-0.1, -0.05) is 18.2 Å². The van der Waals surface area contributed by atoms with E-state index in [0.29, 0.717) is 44.6 Å². The first-order valence-electron chi connectivity index (χ1n) is 11.7. The Bertz CT molecular complexity index is 1050. The van der Waals surface area contributed by atoms with E-state index in [1.165, 1.54) is 4.90 Å². The summed E-state index contributed by atoms with van der Waals surface area (Å²) in [6, 6.07) is 6.68. The first kappa shape index (κ1) is 22.1. The van der Waals surface area contributed by atoms with Crippen LogP contribution in [0.15, 0.2) is 48.1 Å². The molecule has 1 amide bonds. The van der Waals surface area contributed by atoms with E-state index in [-0.39, 0.29) is 30.3 Å². The first-order chi connectivity index (χ1) is 16.5. The minimum atomic E-state index is -0.980. The fraction of sp³-hybridized carbons (Fsp3) is 0.458. The van der Waals surface area contributed by atoms with Crippen molar-refractivity contribution in [3.05, 3.63) is 53.6 Å². The van der Waals surface area contributed by atoms with Gasteiger partial charge in [0.2, 0.25) is 0 Å². The molecule has 4 N–H and O–H groups in total. The number of Topliss-reactive ketones (excluding diaryl/α,β-unsaturated/α-hetero) is 1. The Labute approximate surface area is 197 Å². The van der Waals surface area contributed by atoms with Gasteiger partial charge in [-0.3, -0.25) is 15.0 Å². The molecule has 1 aliphatic carbocycles. The van der Waals surface area contributed by atoms with Crippen molar-refractivity contribution in [1.82, 2.24) is 26.0 Å². The van der Waals surface area contributed by atoms with Crippen molar-refractivity contribution in [2.45, 2.75) is 44.2 Å². The molecule has 3 unspecified atom stereocenters. The van der Waals surface area contributed by atoms with E-state index in [9.17, 15) is 19.5 Å². The Morgan fingerprint density at radius 1 is 1.21 bits per heavy atom. The van der Waals surface area contributed by atoms with Gasteiger partial charge in [-0.25, -0.2) is 4.79 Å². The number of likely N-dealkylation sites (tertiary alicyclic amines) is 1. The molecule has 4 aliphatic rings. The van der Waals surface area contributed by atoms with Crippen molar-refractivity contribution in [1.29, 1.82) is 0 Å². The maximum Gasteiger partial charge on any atom is 0.326 e. The van der Waals surface area contributed by atoms with E-state index in [0.717, 1.165) is 23.4 Å². The number of hydrogen-bond donors (Lipinski definition) is 4. The number of ketones is 1. The molecule has 5 rings (SSSR count). The van der Waals surface area contributed by atoms with Crippen molar-refractivity contribution >= 4 is 17.7 Å². The Kier molecular flexibility index (Phi) is 6.04. The van der Waals surface area contributed by atoms with Crippen LogP contribution in [-0.2, 0) is 14.4 Å². The molecule has 1 aromatic rings. The minimum Gasteiger partial charge on any atom is -0.483 e. The number of aliphatic carboxylic acids is 1. The van der Waals surface area contributed by atoms with Crippen molar-refractivity contribution in [3.63, 3.8) is 0 Å². The average molecular weight is 468 g/mol. The molecule has 1 saturated carbocycles. The number of carboxylic acids is 1. The number of para-hydroxylation sites is 1. The predicted octanol–water partition coefficient (Wildman–Crippen LogP) is 1.20. The quantitative estimate of drug-likeness (QED) is 0.468. The normalized spacial score (nSPS) is 24.4. The lowest BCUT2D eigenvalue weighted by atomic mass is 9.89. The molecule has 1 saturated heterocycles. The van der Waals surface area contributed by atoms with Crippen LogP contribution in [0, 0.1) is 5.92 Å². The molecule has 0 radical (unpaired) electrons. The third-order valence-electron chi connectivity index (χ3n) is 7.00. The number of rotatable bonds is 7. The first-order valence-corrected chi connectivity index (χ1v) is 11.7. The maximum atomic E-state index is 12.8. The number of nitrogens with one attached hydrogen (secondary N) is 3. The number of carbonyl (C=O) groups excluding carboxylic acids is 2. The van der Waals surface area contributed by atoms with Gasteiger partial charge in [0, 0.05) is 37.3 Å². The van der Waals surface area contributed by atoms with E-state index in [1.807, 2.05) is 36.7 Å². The van der Waals surface area contributed by atoms with Crippen LogP contribution in [0.4, 0.5) is 0 Å². The third kappa shape index (κ3) is 4.27. The predicted molar refractivity (Wildman–Crippen MR) is 122 cm³/mol. The van der Waals surface area contributed by atoms with Gasteiger partial charge in [0.1, 0.15) is 17.6 Å². The molecule has 0 bridgehead atoms. The van der Waals surface area contributed by atoms with Gasteiger partial charge in [0.05, 0.1) is 24.1 Å². The number of amides is 1. The second kappa shape index (κ2) is 9.28. The van der Waals surface area contributed by atoms with Crippen LogP contribution in [0.2, 0.25) is 0 Å². The number of benzene rings is 1. The van der Waals surface area contributed by atoms with Crippen molar-refractivity contribution < 1.29 is 24.2 Å². The smallest absolute Gasteiger partial charge is 0.326 e. The van der Waals surface area contributed by atoms with Gasteiger partial charge in [0.25, 0.3) is 5.91 Å². The topological polar surface area (TPSA) is 123 Å². The molecule has 0 spiro atoms. The van der Waals surface area contributed by atoms with E-state index in [1.54, 1.807) is 0 Å². The molecular weight excluding hydrogens is 438 g/mol. The zero-order valence-corrected chi connectivity index (χ0v) is 18.8. The Morgan fingerprint density at radius 3 is 2.85 bits per heavy atom. The van der Waals surface area contributed by atoms with E-state index in [2.05, 4.69) is 21.1 Å². The van der Waals surface area contributed by atoms with Crippen LogP contribution >= 0.6 is 0 Å². The van der Waals surface area contributed by atoms with Gasteiger partial charge in [0.15, 0.2) is 6.61 Å². The van der Waals surface area contributed by atoms with Gasteiger partial charge in [-0.05, 0) is 31.2 Å². The molecule has 0 aromatic heterocycles. The molecule has 10 heteroatoms. The van der Waals surface area contributed by atoms with Crippen LogP contribution in [0.1, 0.15) is 43.7 Å². The number of hydrogen-bond acceptors (Lipinski definition) is 8. The molecule has 10 nitrogen and oxygen atoms in total. The summed E-state index contributed by atoms with van der Waals surface area (Å²) in [6.07, 6.45) is 6.90. The van der Waals surface area contributed by atoms with Gasteiger partial charge < -0.3 is 30.4 Å². The summed E-state index contributed by atoms with van der Waals surface area (Å²) < 4.78 is 6.01. The molecule has 180 valence electrons. The van der Waals surface area contributed by atoms with E-state index < -0.39 is 12.0 Å². The summed E-state index contributed by atoms with van der Waals surface area (Å²) >= 11 is 0. The highest BCUT2D eigenvalue weighted by atomic mass is 16.5. The highest BCUT2D eigenvalue weighted by Gasteiger charge is 2.37. The third-order valence-corrected chi connectivity index (χ3v) is 7.00. The number of carboxylic acid groups (broad SMARTS) is 1. The number of carbonyl (C=O) groups is 3. The minimum absolute atomic E-state index is 0.112. The van der Waals surface area contributed by atoms with Gasteiger partial charge in [-0.15, -0.1) is 0 Å². The zero-order valence-electron chi connectivity index (χ0n) is 18.8. The van der Waals surface area contributed by atoms with Gasteiger partial charge >= 0.3 is 5.97 Å². The van der Waals surface area contributed by atoms with Crippen molar-refractivity contribution in [3.8, 4) is 5.75 Å². The van der Waals surface area contributed by atoms with Gasteiger partial charge in [-0.2, -0.15) is 0 Å². The summed E-state index contributed by atoms with van der Waals surface area (Å²) in [5, 5.41) is 12.8. The van der Waals surface area contributed by atoms with Crippen LogP contribution in [-0.4, -0.2) is 58.4 Å². The maximum absolute atomic E-state index is 12.8. The SMILES string of the molecule is O=C1CCC(C(c2ccccc2OCC(=O)N2CCCC2C(=O)O)N2C=C3NNC=C3NC2)C1. The summed E-state index contributed by atoms with van der Waals surface area (Å²) in [4.78, 5) is 40.0. The van der Waals surface area contributed by atoms with Crippen molar-refractivity contribution in [2.75, 3.05) is 19.8 Å².